The van der Waals surface area contributed by atoms with Gasteiger partial charge in [0, 0.05) is 18.3 Å². The van der Waals surface area contributed by atoms with Crippen molar-refractivity contribution in [3.05, 3.63) is 71.4 Å². The molecule has 0 saturated carbocycles. The number of ether oxygens (including phenoxy) is 1. The highest BCUT2D eigenvalue weighted by atomic mass is 16.5. The Kier molecular flexibility index (Phi) is 3.96. The molecule has 1 heterocycles. The van der Waals surface area contributed by atoms with Crippen LogP contribution in [0.3, 0.4) is 0 Å². The van der Waals surface area contributed by atoms with Crippen molar-refractivity contribution >= 4 is 16.9 Å². The lowest BCUT2D eigenvalue weighted by molar-refractivity contribution is 0.0600. The van der Waals surface area contributed by atoms with Gasteiger partial charge in [-0.2, -0.15) is 0 Å². The predicted molar refractivity (Wildman–Crippen MR) is 88.1 cm³/mol. The Balaban J connectivity index is 1.74. The highest BCUT2D eigenvalue weighted by molar-refractivity contribution is 5.89. The van der Waals surface area contributed by atoms with Crippen molar-refractivity contribution in [3.63, 3.8) is 0 Å². The van der Waals surface area contributed by atoms with Gasteiger partial charge < -0.3 is 9.30 Å². The van der Waals surface area contributed by atoms with Crippen LogP contribution in [-0.4, -0.2) is 17.6 Å². The smallest absolute Gasteiger partial charge is 0.337 e. The summed E-state index contributed by atoms with van der Waals surface area (Å²) >= 11 is 0. The van der Waals surface area contributed by atoms with Gasteiger partial charge in [-0.15, -0.1) is 0 Å². The second-order valence-corrected chi connectivity index (χ2v) is 5.44. The number of carbonyl (C=O) groups is 1. The fourth-order valence-corrected chi connectivity index (χ4v) is 2.78. The Hall–Kier alpha value is -2.55. The van der Waals surface area contributed by atoms with E-state index in [0.717, 1.165) is 12.8 Å². The third kappa shape index (κ3) is 2.75. The van der Waals surface area contributed by atoms with E-state index in [-0.39, 0.29) is 5.97 Å². The maximum Gasteiger partial charge on any atom is 0.337 e. The van der Waals surface area contributed by atoms with Crippen LogP contribution in [0.2, 0.25) is 0 Å². The van der Waals surface area contributed by atoms with Crippen molar-refractivity contribution in [1.82, 2.24) is 4.57 Å². The number of carbonyl (C=O) groups excluding carboxylic acids is 1. The molecule has 2 aromatic carbocycles. The number of methoxy groups -OCH3 is 1. The van der Waals surface area contributed by atoms with Crippen molar-refractivity contribution in [3.8, 4) is 0 Å². The number of hydrogen-bond donors (Lipinski definition) is 0. The lowest BCUT2D eigenvalue weighted by atomic mass is 10.1. The summed E-state index contributed by atoms with van der Waals surface area (Å²) in [6.45, 7) is 0. The first-order valence-corrected chi connectivity index (χ1v) is 7.39. The second kappa shape index (κ2) is 6.06. The van der Waals surface area contributed by atoms with E-state index >= 15 is 0 Å². The molecule has 0 amide bonds. The lowest BCUT2D eigenvalue weighted by Crippen LogP contribution is -2.02. The molecule has 0 N–H and O–H groups in total. The molecule has 0 fully saturated rings. The van der Waals surface area contributed by atoms with Crippen molar-refractivity contribution in [2.45, 2.75) is 12.8 Å². The standard InChI is InChI=1S/C19H19NO2/c1-20-17(13-16-5-3-4-6-18(16)20)12-9-14-7-10-15(11-8-14)19(21)22-2/h3-8,10-11,13H,9,12H2,1-2H3. The third-order valence-electron chi connectivity index (χ3n) is 4.10. The Morgan fingerprint density at radius 1 is 1.05 bits per heavy atom. The van der Waals surface area contributed by atoms with Crippen molar-refractivity contribution in [2.75, 3.05) is 7.11 Å². The van der Waals surface area contributed by atoms with Gasteiger partial charge in [-0.1, -0.05) is 30.3 Å². The van der Waals surface area contributed by atoms with Crippen LogP contribution in [0.4, 0.5) is 0 Å². The molecule has 0 aliphatic rings. The molecule has 3 rings (SSSR count). The van der Waals surface area contributed by atoms with E-state index in [9.17, 15) is 4.79 Å². The lowest BCUT2D eigenvalue weighted by Gasteiger charge is -2.05. The van der Waals surface area contributed by atoms with Gasteiger partial charge >= 0.3 is 5.97 Å². The molecule has 0 bridgehead atoms. The average Bonchev–Trinajstić information content (AvgIpc) is 2.89. The highest BCUT2D eigenvalue weighted by Crippen LogP contribution is 2.19. The number of aryl methyl sites for hydroxylation is 3. The molecule has 0 radical (unpaired) electrons. The molecule has 0 aliphatic carbocycles. The maximum atomic E-state index is 11.4. The van der Waals surface area contributed by atoms with Crippen LogP contribution in [0.25, 0.3) is 10.9 Å². The number of hydrogen-bond acceptors (Lipinski definition) is 2. The zero-order valence-electron chi connectivity index (χ0n) is 12.9. The molecule has 22 heavy (non-hydrogen) atoms. The molecular weight excluding hydrogens is 274 g/mol. The summed E-state index contributed by atoms with van der Waals surface area (Å²) in [5.74, 6) is -0.291. The second-order valence-electron chi connectivity index (χ2n) is 5.44. The summed E-state index contributed by atoms with van der Waals surface area (Å²) in [7, 11) is 3.51. The summed E-state index contributed by atoms with van der Waals surface area (Å²) in [6, 6.07) is 18.3. The number of benzene rings is 2. The molecule has 0 saturated heterocycles. The fraction of sp³-hybridized carbons (Fsp3) is 0.211. The first-order chi connectivity index (χ1) is 10.7. The van der Waals surface area contributed by atoms with Gasteiger partial charge in [-0.25, -0.2) is 4.79 Å². The fourth-order valence-electron chi connectivity index (χ4n) is 2.78. The van der Waals surface area contributed by atoms with Gasteiger partial charge in [0.1, 0.15) is 0 Å². The third-order valence-corrected chi connectivity index (χ3v) is 4.10. The van der Waals surface area contributed by atoms with E-state index in [0.29, 0.717) is 5.56 Å². The summed E-state index contributed by atoms with van der Waals surface area (Å²) in [4.78, 5) is 11.4. The zero-order valence-corrected chi connectivity index (χ0v) is 12.9. The molecule has 112 valence electrons. The summed E-state index contributed by atoms with van der Waals surface area (Å²) in [5.41, 5.74) is 4.39. The quantitative estimate of drug-likeness (QED) is 0.686. The number of fused-ring (bicyclic) bond motifs is 1. The van der Waals surface area contributed by atoms with Gasteiger partial charge in [0.05, 0.1) is 12.7 Å². The van der Waals surface area contributed by atoms with Gasteiger partial charge in [0.15, 0.2) is 0 Å². The highest BCUT2D eigenvalue weighted by Gasteiger charge is 2.07. The van der Waals surface area contributed by atoms with E-state index in [2.05, 4.69) is 41.9 Å². The van der Waals surface area contributed by atoms with E-state index in [1.807, 2.05) is 24.3 Å². The van der Waals surface area contributed by atoms with Crippen LogP contribution in [0, 0.1) is 0 Å². The van der Waals surface area contributed by atoms with Gasteiger partial charge in [0.25, 0.3) is 0 Å². The van der Waals surface area contributed by atoms with E-state index in [1.165, 1.54) is 29.3 Å². The van der Waals surface area contributed by atoms with Gasteiger partial charge in [0.2, 0.25) is 0 Å². The van der Waals surface area contributed by atoms with Crippen molar-refractivity contribution < 1.29 is 9.53 Å². The minimum atomic E-state index is -0.291. The molecule has 0 atom stereocenters. The minimum absolute atomic E-state index is 0.291. The predicted octanol–water partition coefficient (Wildman–Crippen LogP) is 3.75. The normalized spacial score (nSPS) is 10.8. The van der Waals surface area contributed by atoms with E-state index in [1.54, 1.807) is 0 Å². The summed E-state index contributed by atoms with van der Waals surface area (Å²) in [5, 5.41) is 1.28. The van der Waals surface area contributed by atoms with E-state index < -0.39 is 0 Å². The Morgan fingerprint density at radius 3 is 2.45 bits per heavy atom. The first kappa shape index (κ1) is 14.4. The number of nitrogens with zero attached hydrogens (tertiary/aromatic N) is 1. The first-order valence-electron chi connectivity index (χ1n) is 7.39. The van der Waals surface area contributed by atoms with Crippen molar-refractivity contribution in [1.29, 1.82) is 0 Å². The van der Waals surface area contributed by atoms with Crippen LogP contribution in [0.5, 0.6) is 0 Å². The Labute approximate surface area is 130 Å². The molecular formula is C19H19NO2. The SMILES string of the molecule is COC(=O)c1ccc(CCc2cc3ccccc3n2C)cc1. The Bertz CT molecular complexity index is 800. The van der Waals surface area contributed by atoms with E-state index in [4.69, 9.17) is 4.74 Å². The molecule has 3 heteroatoms. The monoisotopic (exact) mass is 293 g/mol. The molecule has 3 aromatic rings. The Morgan fingerprint density at radius 2 is 1.77 bits per heavy atom. The number of aromatic nitrogens is 1. The van der Waals surface area contributed by atoms with Crippen LogP contribution < -0.4 is 0 Å². The molecule has 0 aliphatic heterocycles. The van der Waals surface area contributed by atoms with Crippen LogP contribution >= 0.6 is 0 Å². The van der Waals surface area contributed by atoms with Crippen LogP contribution in [0.15, 0.2) is 54.6 Å². The molecule has 3 nitrogen and oxygen atoms in total. The minimum Gasteiger partial charge on any atom is -0.465 e. The van der Waals surface area contributed by atoms with Gasteiger partial charge in [-0.05, 0) is 48.1 Å². The average molecular weight is 293 g/mol. The van der Waals surface area contributed by atoms with Crippen molar-refractivity contribution in [2.24, 2.45) is 7.05 Å². The van der Waals surface area contributed by atoms with Crippen LogP contribution in [0.1, 0.15) is 21.6 Å². The number of para-hydroxylation sites is 1. The topological polar surface area (TPSA) is 31.2 Å². The number of esters is 1. The molecule has 0 spiro atoms. The molecule has 1 aromatic heterocycles. The summed E-state index contributed by atoms with van der Waals surface area (Å²) < 4.78 is 6.96. The molecule has 0 unspecified atom stereocenters. The largest absolute Gasteiger partial charge is 0.465 e. The zero-order chi connectivity index (χ0) is 15.5. The summed E-state index contributed by atoms with van der Waals surface area (Å²) in [6.07, 6.45) is 1.92. The number of rotatable bonds is 4. The maximum absolute atomic E-state index is 11.4. The van der Waals surface area contributed by atoms with Crippen LogP contribution in [-0.2, 0) is 24.6 Å². The van der Waals surface area contributed by atoms with Gasteiger partial charge in [-0.3, -0.25) is 0 Å².